The molecule has 1 aromatic rings. The summed E-state index contributed by atoms with van der Waals surface area (Å²) in [5.41, 5.74) is 2.33. The van der Waals surface area contributed by atoms with Gasteiger partial charge in [-0.15, -0.1) is 0 Å². The van der Waals surface area contributed by atoms with Crippen molar-refractivity contribution in [1.82, 2.24) is 9.88 Å². The topological polar surface area (TPSA) is 25.4 Å². The first-order valence-corrected chi connectivity index (χ1v) is 5.39. The minimum Gasteiger partial charge on any atom is -0.383 e. The first-order chi connectivity index (χ1) is 7.26. The molecular formula is C12H20N2O. The van der Waals surface area contributed by atoms with Crippen molar-refractivity contribution in [3.8, 4) is 0 Å². The molecule has 1 aromatic heterocycles. The Morgan fingerprint density at radius 1 is 1.40 bits per heavy atom. The molecule has 0 aromatic carbocycles. The third kappa shape index (κ3) is 4.40. The monoisotopic (exact) mass is 208 g/mol. The largest absolute Gasteiger partial charge is 0.383 e. The summed E-state index contributed by atoms with van der Waals surface area (Å²) in [6.45, 7) is 7.88. The van der Waals surface area contributed by atoms with E-state index in [1.54, 1.807) is 7.11 Å². The molecule has 0 saturated heterocycles. The highest BCUT2D eigenvalue weighted by Crippen LogP contribution is 2.02. The molecule has 0 bridgehead atoms. The number of nitrogens with zero attached hydrogens (tertiary/aromatic N) is 2. The SMILES string of the molecule is CCN(CCOC)Cc1ccc(C)cn1. The molecular weight excluding hydrogens is 188 g/mol. The molecule has 0 aliphatic heterocycles. The highest BCUT2D eigenvalue weighted by Gasteiger charge is 2.03. The van der Waals surface area contributed by atoms with Crippen LogP contribution < -0.4 is 0 Å². The first-order valence-electron chi connectivity index (χ1n) is 5.39. The van der Waals surface area contributed by atoms with E-state index in [9.17, 15) is 0 Å². The predicted molar refractivity (Wildman–Crippen MR) is 61.8 cm³/mol. The third-order valence-corrected chi connectivity index (χ3v) is 2.42. The Bertz CT molecular complexity index is 271. The number of hydrogen-bond acceptors (Lipinski definition) is 3. The summed E-state index contributed by atoms with van der Waals surface area (Å²) >= 11 is 0. The van der Waals surface area contributed by atoms with Crippen molar-refractivity contribution in [2.75, 3.05) is 26.8 Å². The molecule has 0 spiro atoms. The minimum absolute atomic E-state index is 0.777. The maximum absolute atomic E-state index is 5.07. The summed E-state index contributed by atoms with van der Waals surface area (Å²) in [4.78, 5) is 6.71. The summed E-state index contributed by atoms with van der Waals surface area (Å²) in [6, 6.07) is 4.19. The minimum atomic E-state index is 0.777. The van der Waals surface area contributed by atoms with Gasteiger partial charge in [0.1, 0.15) is 0 Å². The van der Waals surface area contributed by atoms with E-state index in [0.717, 1.165) is 31.9 Å². The van der Waals surface area contributed by atoms with Gasteiger partial charge in [-0.05, 0) is 25.1 Å². The number of hydrogen-bond donors (Lipinski definition) is 0. The molecule has 0 aliphatic rings. The molecule has 84 valence electrons. The average Bonchev–Trinajstić information content (AvgIpc) is 2.27. The van der Waals surface area contributed by atoms with Crippen LogP contribution in [0.2, 0.25) is 0 Å². The molecule has 0 unspecified atom stereocenters. The van der Waals surface area contributed by atoms with Crippen molar-refractivity contribution >= 4 is 0 Å². The number of rotatable bonds is 6. The second kappa shape index (κ2) is 6.53. The van der Waals surface area contributed by atoms with Gasteiger partial charge in [0, 0.05) is 26.4 Å². The zero-order valence-electron chi connectivity index (χ0n) is 9.86. The summed E-state index contributed by atoms with van der Waals surface area (Å²) in [6.07, 6.45) is 1.92. The smallest absolute Gasteiger partial charge is 0.0589 e. The first kappa shape index (κ1) is 12.1. The van der Waals surface area contributed by atoms with Crippen LogP contribution in [0.25, 0.3) is 0 Å². The van der Waals surface area contributed by atoms with Gasteiger partial charge < -0.3 is 4.74 Å². The van der Waals surface area contributed by atoms with Gasteiger partial charge in [-0.25, -0.2) is 0 Å². The molecule has 15 heavy (non-hydrogen) atoms. The lowest BCUT2D eigenvalue weighted by Gasteiger charge is -2.19. The summed E-state index contributed by atoms with van der Waals surface area (Å²) in [5, 5.41) is 0. The summed E-state index contributed by atoms with van der Waals surface area (Å²) in [5.74, 6) is 0. The zero-order chi connectivity index (χ0) is 11.1. The number of ether oxygens (including phenoxy) is 1. The van der Waals surface area contributed by atoms with Gasteiger partial charge in [0.05, 0.1) is 12.3 Å². The molecule has 0 amide bonds. The standard InChI is InChI=1S/C12H20N2O/c1-4-14(7-8-15-3)10-12-6-5-11(2)9-13-12/h5-6,9H,4,7-8,10H2,1-3H3. The van der Waals surface area contributed by atoms with Crippen LogP contribution in [-0.2, 0) is 11.3 Å². The number of pyridine rings is 1. The molecule has 0 radical (unpaired) electrons. The van der Waals surface area contributed by atoms with Crippen LogP contribution in [0, 0.1) is 6.92 Å². The van der Waals surface area contributed by atoms with Crippen LogP contribution in [0.15, 0.2) is 18.3 Å². The van der Waals surface area contributed by atoms with E-state index in [4.69, 9.17) is 4.74 Å². The van der Waals surface area contributed by atoms with E-state index in [0.29, 0.717) is 0 Å². The molecule has 0 fully saturated rings. The van der Waals surface area contributed by atoms with Crippen molar-refractivity contribution in [1.29, 1.82) is 0 Å². The summed E-state index contributed by atoms with van der Waals surface area (Å²) < 4.78 is 5.07. The fourth-order valence-corrected chi connectivity index (χ4v) is 1.39. The van der Waals surface area contributed by atoms with Crippen LogP contribution in [-0.4, -0.2) is 36.7 Å². The van der Waals surface area contributed by atoms with Crippen molar-refractivity contribution in [2.24, 2.45) is 0 Å². The molecule has 1 heterocycles. The van der Waals surface area contributed by atoms with Crippen LogP contribution in [0.5, 0.6) is 0 Å². The second-order valence-electron chi connectivity index (χ2n) is 3.69. The summed E-state index contributed by atoms with van der Waals surface area (Å²) in [7, 11) is 1.73. The van der Waals surface area contributed by atoms with Crippen LogP contribution in [0.1, 0.15) is 18.2 Å². The van der Waals surface area contributed by atoms with Crippen LogP contribution in [0.3, 0.4) is 0 Å². The van der Waals surface area contributed by atoms with E-state index in [1.165, 1.54) is 5.56 Å². The molecule has 0 N–H and O–H groups in total. The van der Waals surface area contributed by atoms with Gasteiger partial charge in [0.2, 0.25) is 0 Å². The van der Waals surface area contributed by atoms with Gasteiger partial charge in [-0.3, -0.25) is 9.88 Å². The highest BCUT2D eigenvalue weighted by molar-refractivity contribution is 5.12. The Balaban J connectivity index is 2.47. The van der Waals surface area contributed by atoms with E-state index in [2.05, 4.69) is 35.9 Å². The Morgan fingerprint density at radius 3 is 2.73 bits per heavy atom. The number of likely N-dealkylation sites (N-methyl/N-ethyl adjacent to an activating group) is 1. The fourth-order valence-electron chi connectivity index (χ4n) is 1.39. The number of aryl methyl sites for hydroxylation is 1. The zero-order valence-corrected chi connectivity index (χ0v) is 9.86. The predicted octanol–water partition coefficient (Wildman–Crippen LogP) is 1.86. The van der Waals surface area contributed by atoms with E-state index in [-0.39, 0.29) is 0 Å². The number of methoxy groups -OCH3 is 1. The van der Waals surface area contributed by atoms with Gasteiger partial charge in [0.15, 0.2) is 0 Å². The van der Waals surface area contributed by atoms with E-state index >= 15 is 0 Å². The van der Waals surface area contributed by atoms with Crippen molar-refractivity contribution in [3.63, 3.8) is 0 Å². The van der Waals surface area contributed by atoms with Gasteiger partial charge in [-0.1, -0.05) is 13.0 Å². The van der Waals surface area contributed by atoms with Crippen molar-refractivity contribution in [3.05, 3.63) is 29.6 Å². The quantitative estimate of drug-likeness (QED) is 0.713. The van der Waals surface area contributed by atoms with Gasteiger partial charge in [-0.2, -0.15) is 0 Å². The van der Waals surface area contributed by atoms with E-state index in [1.807, 2.05) is 6.20 Å². The van der Waals surface area contributed by atoms with Gasteiger partial charge in [0.25, 0.3) is 0 Å². The van der Waals surface area contributed by atoms with Crippen molar-refractivity contribution < 1.29 is 4.74 Å². The fraction of sp³-hybridized carbons (Fsp3) is 0.583. The lowest BCUT2D eigenvalue weighted by atomic mass is 10.2. The third-order valence-electron chi connectivity index (χ3n) is 2.42. The Kier molecular flexibility index (Phi) is 5.29. The molecule has 3 nitrogen and oxygen atoms in total. The Labute approximate surface area is 92.1 Å². The molecule has 0 atom stereocenters. The van der Waals surface area contributed by atoms with E-state index < -0.39 is 0 Å². The van der Waals surface area contributed by atoms with Crippen LogP contribution in [0.4, 0.5) is 0 Å². The van der Waals surface area contributed by atoms with Gasteiger partial charge >= 0.3 is 0 Å². The second-order valence-corrected chi connectivity index (χ2v) is 3.69. The Morgan fingerprint density at radius 2 is 2.20 bits per heavy atom. The molecule has 1 rings (SSSR count). The lowest BCUT2D eigenvalue weighted by Crippen LogP contribution is -2.27. The Hall–Kier alpha value is -0.930. The number of aromatic nitrogens is 1. The highest BCUT2D eigenvalue weighted by atomic mass is 16.5. The maximum atomic E-state index is 5.07. The molecule has 0 saturated carbocycles. The van der Waals surface area contributed by atoms with Crippen LogP contribution >= 0.6 is 0 Å². The molecule has 0 aliphatic carbocycles. The maximum Gasteiger partial charge on any atom is 0.0589 e. The van der Waals surface area contributed by atoms with Crippen molar-refractivity contribution in [2.45, 2.75) is 20.4 Å². The average molecular weight is 208 g/mol. The lowest BCUT2D eigenvalue weighted by molar-refractivity contribution is 0.147. The molecule has 3 heteroatoms. The normalized spacial score (nSPS) is 10.9.